The van der Waals surface area contributed by atoms with Gasteiger partial charge < -0.3 is 39.8 Å². The van der Waals surface area contributed by atoms with Crippen LogP contribution in [-0.4, -0.2) is 77.4 Å². The predicted molar refractivity (Wildman–Crippen MR) is 139 cm³/mol. The summed E-state index contributed by atoms with van der Waals surface area (Å²) in [5, 5.41) is 25.9. The molecule has 212 valence electrons. The van der Waals surface area contributed by atoms with Crippen LogP contribution in [-0.2, 0) is 46.5 Å². The van der Waals surface area contributed by atoms with Crippen LogP contribution in [0.3, 0.4) is 0 Å². The predicted octanol–water partition coefficient (Wildman–Crippen LogP) is 0.808. The largest absolute Gasteiger partial charge is 0.459 e. The molecule has 2 aromatic carbocycles. The molecule has 4 unspecified atom stereocenters. The number of benzene rings is 2. The second-order valence-corrected chi connectivity index (χ2v) is 9.31. The van der Waals surface area contributed by atoms with E-state index < -0.39 is 67.2 Å². The third-order valence-electron chi connectivity index (χ3n) is 6.15. The molecule has 0 spiro atoms. The van der Waals surface area contributed by atoms with E-state index in [1.165, 1.54) is 20.8 Å². The van der Waals surface area contributed by atoms with Crippen LogP contribution < -0.4 is 10.6 Å². The molecule has 1 fully saturated rings. The van der Waals surface area contributed by atoms with E-state index in [9.17, 15) is 24.6 Å². The first-order chi connectivity index (χ1) is 18.7. The van der Waals surface area contributed by atoms with Crippen LogP contribution in [0, 0.1) is 0 Å². The zero-order chi connectivity index (χ0) is 28.4. The van der Waals surface area contributed by atoms with Crippen molar-refractivity contribution in [3.63, 3.8) is 0 Å². The van der Waals surface area contributed by atoms with Gasteiger partial charge in [0.05, 0.1) is 13.2 Å². The third kappa shape index (κ3) is 8.84. The Labute approximate surface area is 227 Å². The van der Waals surface area contributed by atoms with Crippen LogP contribution in [0.15, 0.2) is 60.7 Å². The minimum atomic E-state index is -1.40. The van der Waals surface area contributed by atoms with Crippen LogP contribution in [0.1, 0.15) is 31.9 Å². The Balaban J connectivity index is 1.64. The average Bonchev–Trinajstić information content (AvgIpc) is 2.93. The van der Waals surface area contributed by atoms with E-state index in [0.29, 0.717) is 0 Å². The van der Waals surface area contributed by atoms with Gasteiger partial charge in [-0.25, -0.2) is 4.79 Å². The number of hydrogen-bond acceptors (Lipinski definition) is 9. The highest BCUT2D eigenvalue weighted by Crippen LogP contribution is 2.26. The first kappa shape index (κ1) is 30.2. The quantitative estimate of drug-likeness (QED) is 0.284. The molecule has 3 rings (SSSR count). The highest BCUT2D eigenvalue weighted by molar-refractivity contribution is 5.86. The molecule has 39 heavy (non-hydrogen) atoms. The summed E-state index contributed by atoms with van der Waals surface area (Å²) in [6.45, 7) is 3.85. The second-order valence-electron chi connectivity index (χ2n) is 9.31. The molecule has 1 saturated heterocycles. The van der Waals surface area contributed by atoms with Gasteiger partial charge >= 0.3 is 5.97 Å². The maximum atomic E-state index is 12.9. The number of rotatable bonds is 12. The molecule has 1 aliphatic heterocycles. The maximum absolute atomic E-state index is 12.9. The zero-order valence-corrected chi connectivity index (χ0v) is 22.2. The number of hydrogen-bond donors (Lipinski definition) is 4. The molecular formula is C28H36N2O9. The summed E-state index contributed by atoms with van der Waals surface area (Å²) in [7, 11) is 0. The molecule has 0 saturated carbocycles. The highest BCUT2D eigenvalue weighted by Gasteiger charge is 2.48. The van der Waals surface area contributed by atoms with Crippen molar-refractivity contribution in [3.8, 4) is 0 Å². The van der Waals surface area contributed by atoms with Crippen molar-refractivity contribution < 1.29 is 43.5 Å². The minimum Gasteiger partial charge on any atom is -0.459 e. The fraction of sp³-hybridized carbons (Fsp3) is 0.464. The number of aliphatic hydroxyl groups is 2. The topological polar surface area (TPSA) is 153 Å². The summed E-state index contributed by atoms with van der Waals surface area (Å²) in [5.41, 5.74) is 1.65. The van der Waals surface area contributed by atoms with Crippen molar-refractivity contribution in [3.05, 3.63) is 71.8 Å². The maximum Gasteiger partial charge on any atom is 0.328 e. The number of carbonyl (C=O) groups excluding carboxylic acids is 3. The van der Waals surface area contributed by atoms with Crippen molar-refractivity contribution in [2.24, 2.45) is 0 Å². The normalized spacial score (nSPS) is 24.3. The summed E-state index contributed by atoms with van der Waals surface area (Å²) in [6.07, 6.45) is -5.92. The smallest absolute Gasteiger partial charge is 0.328 e. The van der Waals surface area contributed by atoms with Crippen LogP contribution in [0.2, 0.25) is 0 Å². The van der Waals surface area contributed by atoms with E-state index in [-0.39, 0.29) is 13.2 Å². The molecule has 0 radical (unpaired) electrons. The molecule has 7 atom stereocenters. The molecule has 0 aromatic heterocycles. The molecule has 1 heterocycles. The first-order valence-corrected chi connectivity index (χ1v) is 12.7. The minimum absolute atomic E-state index is 0.0610. The van der Waals surface area contributed by atoms with Crippen LogP contribution in [0.5, 0.6) is 0 Å². The van der Waals surface area contributed by atoms with Gasteiger partial charge in [0, 0.05) is 6.92 Å². The highest BCUT2D eigenvalue weighted by atomic mass is 16.7. The van der Waals surface area contributed by atoms with E-state index in [0.717, 1.165) is 11.1 Å². The number of esters is 1. The third-order valence-corrected chi connectivity index (χ3v) is 6.15. The van der Waals surface area contributed by atoms with E-state index in [2.05, 4.69) is 10.6 Å². The summed E-state index contributed by atoms with van der Waals surface area (Å²) in [6, 6.07) is 16.4. The fourth-order valence-corrected chi connectivity index (χ4v) is 4.05. The van der Waals surface area contributed by atoms with Gasteiger partial charge in [0.2, 0.25) is 11.8 Å². The molecule has 2 amide bonds. The number of aliphatic hydroxyl groups excluding tert-OH is 2. The Morgan fingerprint density at radius 2 is 1.56 bits per heavy atom. The van der Waals surface area contributed by atoms with E-state index in [1.54, 1.807) is 0 Å². The summed E-state index contributed by atoms with van der Waals surface area (Å²) in [4.78, 5) is 37.2. The lowest BCUT2D eigenvalue weighted by molar-refractivity contribution is -0.283. The van der Waals surface area contributed by atoms with E-state index in [4.69, 9.17) is 18.9 Å². The van der Waals surface area contributed by atoms with Crippen LogP contribution in [0.4, 0.5) is 0 Å². The first-order valence-electron chi connectivity index (χ1n) is 12.7. The van der Waals surface area contributed by atoms with Crippen molar-refractivity contribution in [2.45, 2.75) is 76.8 Å². The SMILES string of the molecule is CC(=O)N[C@@H]1C(OC(C)C(=O)NC(C)C(=O)OCc2ccccc2)[C@@H](O)C(CO)O[C@@H]1OCc1ccccc1. The lowest BCUT2D eigenvalue weighted by Gasteiger charge is -2.44. The fourth-order valence-electron chi connectivity index (χ4n) is 4.05. The Bertz CT molecular complexity index is 1070. The Morgan fingerprint density at radius 3 is 2.13 bits per heavy atom. The number of nitrogens with one attached hydrogen (secondary N) is 2. The zero-order valence-electron chi connectivity index (χ0n) is 22.2. The molecule has 11 nitrogen and oxygen atoms in total. The number of amides is 2. The van der Waals surface area contributed by atoms with Gasteiger partial charge in [0.1, 0.15) is 43.1 Å². The summed E-state index contributed by atoms with van der Waals surface area (Å²) in [5.74, 6) is -1.70. The van der Waals surface area contributed by atoms with Crippen molar-refractivity contribution >= 4 is 17.8 Å². The molecule has 11 heteroatoms. The van der Waals surface area contributed by atoms with E-state index in [1.807, 2.05) is 60.7 Å². The lowest BCUT2D eigenvalue weighted by atomic mass is 9.96. The molecule has 4 N–H and O–H groups in total. The Hall–Kier alpha value is -3.35. The molecule has 2 aromatic rings. The molecule has 0 aliphatic carbocycles. The monoisotopic (exact) mass is 544 g/mol. The van der Waals surface area contributed by atoms with Crippen LogP contribution >= 0.6 is 0 Å². The standard InChI is InChI=1S/C28H36N2O9/c1-17(27(35)36-15-20-10-6-4-7-11-20)29-26(34)18(2)38-25-23(30-19(3)32)28(39-22(14-31)24(25)33)37-16-21-12-8-5-9-13-21/h4-13,17-18,22-25,28,31,33H,14-16H2,1-3H3,(H,29,34)(H,30,32)/t17?,18?,22?,23-,24+,25?,28+/m1/s1. The van der Waals surface area contributed by atoms with Gasteiger partial charge in [0.25, 0.3) is 0 Å². The van der Waals surface area contributed by atoms with Gasteiger partial charge in [-0.05, 0) is 25.0 Å². The van der Waals surface area contributed by atoms with Gasteiger partial charge in [0.15, 0.2) is 6.29 Å². The van der Waals surface area contributed by atoms with Crippen molar-refractivity contribution in [1.29, 1.82) is 0 Å². The molecule has 0 bridgehead atoms. The lowest BCUT2D eigenvalue weighted by Crippen LogP contribution is -2.66. The Kier molecular flexibility index (Phi) is 11.4. The molecule has 1 aliphatic rings. The van der Waals surface area contributed by atoms with Crippen molar-refractivity contribution in [2.75, 3.05) is 6.61 Å². The van der Waals surface area contributed by atoms with Gasteiger partial charge in [-0.1, -0.05) is 60.7 Å². The van der Waals surface area contributed by atoms with Gasteiger partial charge in [-0.3, -0.25) is 9.59 Å². The van der Waals surface area contributed by atoms with Gasteiger partial charge in [-0.15, -0.1) is 0 Å². The molecular weight excluding hydrogens is 508 g/mol. The summed E-state index contributed by atoms with van der Waals surface area (Å²) < 4.78 is 22.8. The van der Waals surface area contributed by atoms with Crippen molar-refractivity contribution in [1.82, 2.24) is 10.6 Å². The number of ether oxygens (including phenoxy) is 4. The Morgan fingerprint density at radius 1 is 0.974 bits per heavy atom. The average molecular weight is 545 g/mol. The van der Waals surface area contributed by atoms with Gasteiger partial charge in [-0.2, -0.15) is 0 Å². The second kappa shape index (κ2) is 14.7. The van der Waals surface area contributed by atoms with Crippen LogP contribution in [0.25, 0.3) is 0 Å². The summed E-state index contributed by atoms with van der Waals surface area (Å²) >= 11 is 0. The number of carbonyl (C=O) groups is 3. The van der Waals surface area contributed by atoms with E-state index >= 15 is 0 Å².